The summed E-state index contributed by atoms with van der Waals surface area (Å²) >= 11 is 0. The van der Waals surface area contributed by atoms with Crippen LogP contribution in [0.15, 0.2) is 0 Å². The van der Waals surface area contributed by atoms with Gasteiger partial charge in [0, 0.05) is 19.5 Å². The van der Waals surface area contributed by atoms with Crippen LogP contribution in [0.3, 0.4) is 0 Å². The van der Waals surface area contributed by atoms with Gasteiger partial charge in [0.25, 0.3) is 0 Å². The number of carbonyl (C=O) groups is 1. The molecule has 2 rings (SSSR count). The number of carboxylic acid groups (broad SMARTS) is 1. The van der Waals surface area contributed by atoms with E-state index in [1.54, 1.807) is 0 Å². The van der Waals surface area contributed by atoms with Crippen LogP contribution < -0.4 is 10.2 Å². The van der Waals surface area contributed by atoms with E-state index in [0.29, 0.717) is 44.5 Å². The highest BCUT2D eigenvalue weighted by molar-refractivity contribution is 5.80. The van der Waals surface area contributed by atoms with Gasteiger partial charge in [-0.1, -0.05) is 6.92 Å². The van der Waals surface area contributed by atoms with Gasteiger partial charge in [0.15, 0.2) is 0 Å². The van der Waals surface area contributed by atoms with Gasteiger partial charge < -0.3 is 14.7 Å². The van der Waals surface area contributed by atoms with Crippen molar-refractivity contribution in [2.45, 2.75) is 19.8 Å². The zero-order valence-electron chi connectivity index (χ0n) is 10.8. The summed E-state index contributed by atoms with van der Waals surface area (Å²) in [6.45, 7) is 4.65. The Morgan fingerprint density at radius 2 is 2.11 bits per heavy atom. The van der Waals surface area contributed by atoms with Crippen molar-refractivity contribution in [2.75, 3.05) is 36.5 Å². The smallest absolute Gasteiger partial charge is 0.411 e. The van der Waals surface area contributed by atoms with E-state index in [-0.39, 0.29) is 5.95 Å². The number of amides is 1. The lowest BCUT2D eigenvalue weighted by molar-refractivity contribution is 0.122. The first kappa shape index (κ1) is 13.5. The standard InChI is InChI=1S/C11H17N5O3/c1-2-3-8-12-9(15-11(17)18)14-10(13-8)16-4-6-19-7-5-16/h2-7H2,1H3,(H,17,18)(H,12,13,14,15). The molecular weight excluding hydrogens is 250 g/mol. The number of nitrogens with one attached hydrogen (secondary N) is 1. The Kier molecular flexibility index (Phi) is 4.45. The zero-order chi connectivity index (χ0) is 13.7. The van der Waals surface area contributed by atoms with Crippen molar-refractivity contribution in [1.29, 1.82) is 0 Å². The third-order valence-corrected chi connectivity index (χ3v) is 2.66. The Bertz CT molecular complexity index is 448. The van der Waals surface area contributed by atoms with E-state index in [2.05, 4.69) is 20.3 Å². The highest BCUT2D eigenvalue weighted by Gasteiger charge is 2.16. The molecule has 1 aromatic rings. The highest BCUT2D eigenvalue weighted by Crippen LogP contribution is 2.13. The minimum absolute atomic E-state index is 0.0763. The molecule has 0 aliphatic carbocycles. The van der Waals surface area contributed by atoms with Gasteiger partial charge in [0.05, 0.1) is 13.2 Å². The largest absolute Gasteiger partial charge is 0.465 e. The van der Waals surface area contributed by atoms with Crippen molar-refractivity contribution in [1.82, 2.24) is 15.0 Å². The summed E-state index contributed by atoms with van der Waals surface area (Å²) in [6.07, 6.45) is 0.398. The molecule has 0 saturated carbocycles. The maximum Gasteiger partial charge on any atom is 0.411 e. The van der Waals surface area contributed by atoms with Gasteiger partial charge in [0.1, 0.15) is 5.82 Å². The molecule has 104 valence electrons. The molecule has 2 heterocycles. The van der Waals surface area contributed by atoms with Crippen LogP contribution in [-0.2, 0) is 11.2 Å². The Balaban J connectivity index is 2.24. The van der Waals surface area contributed by atoms with Gasteiger partial charge in [-0.05, 0) is 6.42 Å². The molecule has 1 aliphatic heterocycles. The number of nitrogens with zero attached hydrogens (tertiary/aromatic N) is 4. The molecule has 2 N–H and O–H groups in total. The average molecular weight is 267 g/mol. The van der Waals surface area contributed by atoms with Crippen molar-refractivity contribution in [3.8, 4) is 0 Å². The third kappa shape index (κ3) is 3.75. The maximum absolute atomic E-state index is 10.7. The van der Waals surface area contributed by atoms with Crippen molar-refractivity contribution < 1.29 is 14.6 Å². The van der Waals surface area contributed by atoms with Crippen LogP contribution >= 0.6 is 0 Å². The number of anilines is 2. The predicted octanol–water partition coefficient (Wildman–Crippen LogP) is 0.751. The van der Waals surface area contributed by atoms with Crippen LogP contribution in [0.5, 0.6) is 0 Å². The maximum atomic E-state index is 10.7. The van der Waals surface area contributed by atoms with E-state index in [9.17, 15) is 4.79 Å². The number of hydrogen-bond acceptors (Lipinski definition) is 6. The van der Waals surface area contributed by atoms with E-state index >= 15 is 0 Å². The molecule has 0 unspecified atom stereocenters. The van der Waals surface area contributed by atoms with Gasteiger partial charge in [0.2, 0.25) is 11.9 Å². The minimum Gasteiger partial charge on any atom is -0.465 e. The predicted molar refractivity (Wildman–Crippen MR) is 68.5 cm³/mol. The molecule has 0 aromatic carbocycles. The summed E-state index contributed by atoms with van der Waals surface area (Å²) in [5.41, 5.74) is 0. The molecule has 1 fully saturated rings. The first-order valence-electron chi connectivity index (χ1n) is 6.26. The van der Waals surface area contributed by atoms with Gasteiger partial charge in [-0.2, -0.15) is 15.0 Å². The summed E-state index contributed by atoms with van der Waals surface area (Å²) in [6, 6.07) is 0. The van der Waals surface area contributed by atoms with Crippen LogP contribution in [-0.4, -0.2) is 52.5 Å². The molecule has 1 aromatic heterocycles. The van der Waals surface area contributed by atoms with Gasteiger partial charge >= 0.3 is 6.09 Å². The summed E-state index contributed by atoms with van der Waals surface area (Å²) in [5, 5.41) is 10.9. The second-order valence-electron chi connectivity index (χ2n) is 4.15. The fraction of sp³-hybridized carbons (Fsp3) is 0.636. The number of ether oxygens (including phenoxy) is 1. The number of morpholine rings is 1. The zero-order valence-corrected chi connectivity index (χ0v) is 10.8. The van der Waals surface area contributed by atoms with Crippen molar-refractivity contribution in [2.24, 2.45) is 0 Å². The van der Waals surface area contributed by atoms with Crippen LogP contribution in [0.2, 0.25) is 0 Å². The van der Waals surface area contributed by atoms with Gasteiger partial charge in [-0.15, -0.1) is 0 Å². The molecule has 1 amide bonds. The molecule has 8 nitrogen and oxygen atoms in total. The lowest BCUT2D eigenvalue weighted by Gasteiger charge is -2.27. The number of aryl methyl sites for hydroxylation is 1. The number of aromatic nitrogens is 3. The van der Waals surface area contributed by atoms with E-state index in [1.807, 2.05) is 11.8 Å². The summed E-state index contributed by atoms with van der Waals surface area (Å²) in [7, 11) is 0. The molecule has 1 saturated heterocycles. The second-order valence-corrected chi connectivity index (χ2v) is 4.15. The number of hydrogen-bond donors (Lipinski definition) is 2. The molecule has 8 heteroatoms. The first-order valence-corrected chi connectivity index (χ1v) is 6.26. The Hall–Kier alpha value is -1.96. The molecule has 0 spiro atoms. The minimum atomic E-state index is -1.18. The number of rotatable bonds is 4. The molecule has 1 aliphatic rings. The average Bonchev–Trinajstić information content (AvgIpc) is 2.39. The van der Waals surface area contributed by atoms with Crippen LogP contribution in [0.25, 0.3) is 0 Å². The molecule has 19 heavy (non-hydrogen) atoms. The quantitative estimate of drug-likeness (QED) is 0.830. The lowest BCUT2D eigenvalue weighted by atomic mass is 10.3. The van der Waals surface area contributed by atoms with Crippen molar-refractivity contribution >= 4 is 18.0 Å². The summed E-state index contributed by atoms with van der Waals surface area (Å²) in [5.74, 6) is 1.18. The van der Waals surface area contributed by atoms with Gasteiger partial charge in [-0.3, -0.25) is 5.32 Å². The normalized spacial score (nSPS) is 15.3. The Morgan fingerprint density at radius 1 is 1.37 bits per heavy atom. The van der Waals surface area contributed by atoms with E-state index in [1.165, 1.54) is 0 Å². The monoisotopic (exact) mass is 267 g/mol. The third-order valence-electron chi connectivity index (χ3n) is 2.66. The highest BCUT2D eigenvalue weighted by atomic mass is 16.5. The summed E-state index contributed by atoms with van der Waals surface area (Å²) in [4.78, 5) is 25.2. The van der Waals surface area contributed by atoms with Gasteiger partial charge in [-0.25, -0.2) is 4.79 Å². The van der Waals surface area contributed by atoms with E-state index < -0.39 is 6.09 Å². The van der Waals surface area contributed by atoms with E-state index in [0.717, 1.165) is 6.42 Å². The fourth-order valence-corrected chi connectivity index (χ4v) is 1.80. The lowest BCUT2D eigenvalue weighted by Crippen LogP contribution is -2.37. The van der Waals surface area contributed by atoms with E-state index in [4.69, 9.17) is 9.84 Å². The fourth-order valence-electron chi connectivity index (χ4n) is 1.80. The molecular formula is C11H17N5O3. The topological polar surface area (TPSA) is 100 Å². The van der Waals surface area contributed by atoms with Crippen LogP contribution in [0.1, 0.15) is 19.2 Å². The molecule has 0 bridgehead atoms. The summed E-state index contributed by atoms with van der Waals surface area (Å²) < 4.78 is 5.27. The first-order chi connectivity index (χ1) is 9.19. The Morgan fingerprint density at radius 3 is 2.74 bits per heavy atom. The van der Waals surface area contributed by atoms with Crippen molar-refractivity contribution in [3.05, 3.63) is 5.82 Å². The second kappa shape index (κ2) is 6.28. The molecule has 0 radical (unpaired) electrons. The van der Waals surface area contributed by atoms with Crippen LogP contribution in [0.4, 0.5) is 16.7 Å². The van der Waals surface area contributed by atoms with Crippen molar-refractivity contribution in [3.63, 3.8) is 0 Å². The Labute approximate surface area is 110 Å². The SMILES string of the molecule is CCCc1nc(NC(=O)O)nc(N2CCOCC2)n1. The molecule has 0 atom stereocenters. The van der Waals surface area contributed by atoms with Crippen LogP contribution in [0, 0.1) is 0 Å².